The molecule has 2 N–H and O–H groups in total. The third kappa shape index (κ3) is 5.48. The maximum atomic E-state index is 12.9. The van der Waals surface area contributed by atoms with Gasteiger partial charge in [0.05, 0.1) is 18.7 Å². The van der Waals surface area contributed by atoms with Crippen LogP contribution in [0.15, 0.2) is 32.3 Å². The first-order chi connectivity index (χ1) is 16.3. The lowest BCUT2D eigenvalue weighted by Gasteiger charge is -2.36. The van der Waals surface area contributed by atoms with E-state index in [0.717, 1.165) is 32.0 Å². The summed E-state index contributed by atoms with van der Waals surface area (Å²) in [4.78, 5) is 34.2. The van der Waals surface area contributed by atoms with Crippen molar-refractivity contribution >= 4 is 12.0 Å². The van der Waals surface area contributed by atoms with Crippen molar-refractivity contribution in [2.75, 3.05) is 39.3 Å². The molecule has 2 aliphatic rings. The molecule has 0 radical (unpaired) electrons. The number of nitrogens with zero attached hydrogens (tertiary/aromatic N) is 4. The summed E-state index contributed by atoms with van der Waals surface area (Å²) >= 11 is 0. The standard InChI is InChI=1S/C23H32N6O5/c1-5-32-22(30)19-16(24-23(31)26-20(19)17-7-6-15(4)33-17)12-28-8-10-29(11-9-28)13-18-25-21(14(2)3)27-34-18/h6-7,14,20H,5,8-13H2,1-4H3,(H2,24,26,31). The number of amides is 2. The van der Waals surface area contributed by atoms with Gasteiger partial charge in [-0.15, -0.1) is 0 Å². The predicted octanol–water partition coefficient (Wildman–Crippen LogP) is 2.08. The fourth-order valence-corrected chi connectivity index (χ4v) is 4.10. The van der Waals surface area contributed by atoms with Gasteiger partial charge in [0.25, 0.3) is 0 Å². The molecule has 1 unspecified atom stereocenters. The summed E-state index contributed by atoms with van der Waals surface area (Å²) in [5.74, 6) is 2.29. The number of aryl methyl sites for hydroxylation is 1. The van der Waals surface area contributed by atoms with Gasteiger partial charge < -0.3 is 24.3 Å². The third-order valence-corrected chi connectivity index (χ3v) is 5.90. The second-order valence-electron chi connectivity index (χ2n) is 8.85. The Morgan fingerprint density at radius 1 is 1.21 bits per heavy atom. The van der Waals surface area contributed by atoms with Gasteiger partial charge in [-0.25, -0.2) is 9.59 Å². The summed E-state index contributed by atoms with van der Waals surface area (Å²) in [6.45, 7) is 12.0. The molecule has 2 aromatic heterocycles. The van der Waals surface area contributed by atoms with Gasteiger partial charge in [-0.05, 0) is 26.0 Å². The zero-order valence-corrected chi connectivity index (χ0v) is 20.1. The van der Waals surface area contributed by atoms with Crippen LogP contribution < -0.4 is 10.6 Å². The molecule has 0 bridgehead atoms. The van der Waals surface area contributed by atoms with Crippen molar-refractivity contribution in [3.8, 4) is 0 Å². The van der Waals surface area contributed by atoms with Crippen LogP contribution in [0.25, 0.3) is 0 Å². The number of esters is 1. The number of nitrogens with one attached hydrogen (secondary N) is 2. The minimum atomic E-state index is -0.703. The van der Waals surface area contributed by atoms with E-state index < -0.39 is 12.0 Å². The second-order valence-corrected chi connectivity index (χ2v) is 8.85. The van der Waals surface area contributed by atoms with Gasteiger partial charge in [0.1, 0.15) is 17.6 Å². The zero-order chi connectivity index (χ0) is 24.2. The number of aromatic nitrogens is 2. The maximum absolute atomic E-state index is 12.9. The van der Waals surface area contributed by atoms with Gasteiger partial charge in [0, 0.05) is 44.3 Å². The number of hydrogen-bond acceptors (Lipinski definition) is 9. The Morgan fingerprint density at radius 2 is 1.91 bits per heavy atom. The molecular weight excluding hydrogens is 440 g/mol. The summed E-state index contributed by atoms with van der Waals surface area (Å²) in [6.07, 6.45) is 0. The average Bonchev–Trinajstić information content (AvgIpc) is 3.44. The van der Waals surface area contributed by atoms with Crippen molar-refractivity contribution in [2.24, 2.45) is 0 Å². The number of ether oxygens (including phenoxy) is 1. The molecule has 1 fully saturated rings. The SMILES string of the molecule is CCOC(=O)C1=C(CN2CCN(Cc3nc(C(C)C)no3)CC2)NC(=O)NC1c1ccc(C)o1. The highest BCUT2D eigenvalue weighted by Crippen LogP contribution is 2.29. The molecule has 1 saturated heterocycles. The quantitative estimate of drug-likeness (QED) is 0.555. The Kier molecular flexibility index (Phi) is 7.32. The number of carbonyl (C=O) groups excluding carboxylic acids is 2. The monoisotopic (exact) mass is 472 g/mol. The van der Waals surface area contributed by atoms with Crippen LogP contribution in [0.3, 0.4) is 0 Å². The topological polar surface area (TPSA) is 126 Å². The van der Waals surface area contributed by atoms with Crippen molar-refractivity contribution in [1.29, 1.82) is 0 Å². The number of carbonyl (C=O) groups is 2. The fraction of sp³-hybridized carbons (Fsp3) is 0.565. The molecule has 0 saturated carbocycles. The van der Waals surface area contributed by atoms with Crippen LogP contribution in [-0.4, -0.2) is 71.3 Å². The molecule has 4 rings (SSSR count). The number of furan rings is 1. The summed E-state index contributed by atoms with van der Waals surface area (Å²) < 4.78 is 16.4. The van der Waals surface area contributed by atoms with Crippen LogP contribution in [0, 0.1) is 6.92 Å². The van der Waals surface area contributed by atoms with Gasteiger partial charge in [-0.2, -0.15) is 4.98 Å². The van der Waals surface area contributed by atoms with Gasteiger partial charge in [0.2, 0.25) is 5.89 Å². The lowest BCUT2D eigenvalue weighted by Crippen LogP contribution is -2.51. The Morgan fingerprint density at radius 3 is 2.50 bits per heavy atom. The molecule has 0 aromatic carbocycles. The number of hydrogen-bond donors (Lipinski definition) is 2. The van der Waals surface area contributed by atoms with E-state index in [0.29, 0.717) is 41.8 Å². The number of rotatable bonds is 8. The van der Waals surface area contributed by atoms with E-state index in [2.05, 4.69) is 30.6 Å². The molecular formula is C23H32N6O5. The van der Waals surface area contributed by atoms with Crippen LogP contribution in [-0.2, 0) is 16.1 Å². The predicted molar refractivity (Wildman–Crippen MR) is 122 cm³/mol. The van der Waals surface area contributed by atoms with Crippen LogP contribution in [0.1, 0.15) is 56.0 Å². The molecule has 11 heteroatoms. The first kappa shape index (κ1) is 24.0. The van der Waals surface area contributed by atoms with Crippen molar-refractivity contribution in [2.45, 2.75) is 46.2 Å². The minimum absolute atomic E-state index is 0.227. The van der Waals surface area contributed by atoms with Crippen LogP contribution in [0.4, 0.5) is 4.79 Å². The molecule has 0 aliphatic carbocycles. The first-order valence-electron chi connectivity index (χ1n) is 11.6. The lowest BCUT2D eigenvalue weighted by molar-refractivity contribution is -0.139. The van der Waals surface area contributed by atoms with E-state index in [1.165, 1.54) is 0 Å². The average molecular weight is 473 g/mol. The van der Waals surface area contributed by atoms with E-state index in [1.807, 2.05) is 20.8 Å². The minimum Gasteiger partial charge on any atom is -0.464 e. The first-order valence-corrected chi connectivity index (χ1v) is 11.6. The smallest absolute Gasteiger partial charge is 0.338 e. The normalized spacial score (nSPS) is 19.9. The molecule has 11 nitrogen and oxygen atoms in total. The van der Waals surface area contributed by atoms with Crippen molar-refractivity contribution in [3.63, 3.8) is 0 Å². The molecule has 2 amide bonds. The lowest BCUT2D eigenvalue weighted by atomic mass is 9.99. The van der Waals surface area contributed by atoms with Crippen LogP contribution in [0.5, 0.6) is 0 Å². The Hall–Kier alpha value is -3.18. The highest BCUT2D eigenvalue weighted by molar-refractivity contribution is 5.95. The third-order valence-electron chi connectivity index (χ3n) is 5.90. The Balaban J connectivity index is 1.45. The molecule has 1 atom stereocenters. The molecule has 0 spiro atoms. The highest BCUT2D eigenvalue weighted by Gasteiger charge is 2.36. The summed E-state index contributed by atoms with van der Waals surface area (Å²) in [5, 5.41) is 9.64. The van der Waals surface area contributed by atoms with Gasteiger partial charge in [-0.1, -0.05) is 19.0 Å². The van der Waals surface area contributed by atoms with Gasteiger partial charge in [0.15, 0.2) is 5.82 Å². The maximum Gasteiger partial charge on any atom is 0.338 e. The fourth-order valence-electron chi connectivity index (χ4n) is 4.10. The van der Waals surface area contributed by atoms with E-state index in [4.69, 9.17) is 13.7 Å². The van der Waals surface area contributed by atoms with E-state index in [1.54, 1.807) is 19.1 Å². The molecule has 4 heterocycles. The molecule has 34 heavy (non-hydrogen) atoms. The molecule has 184 valence electrons. The Labute approximate surface area is 198 Å². The summed E-state index contributed by atoms with van der Waals surface area (Å²) in [7, 11) is 0. The van der Waals surface area contributed by atoms with Crippen molar-refractivity contribution in [1.82, 2.24) is 30.6 Å². The largest absolute Gasteiger partial charge is 0.464 e. The van der Waals surface area contributed by atoms with Gasteiger partial charge in [-0.3, -0.25) is 9.80 Å². The summed E-state index contributed by atoms with van der Waals surface area (Å²) in [6, 6.07) is 2.49. The van der Waals surface area contributed by atoms with Crippen LogP contribution >= 0.6 is 0 Å². The summed E-state index contributed by atoms with van der Waals surface area (Å²) in [5.41, 5.74) is 0.901. The van der Waals surface area contributed by atoms with E-state index in [-0.39, 0.29) is 18.6 Å². The molecule has 2 aliphatic heterocycles. The number of urea groups is 1. The second kappa shape index (κ2) is 10.4. The van der Waals surface area contributed by atoms with Crippen molar-refractivity contribution < 1.29 is 23.3 Å². The number of piperazine rings is 1. The van der Waals surface area contributed by atoms with E-state index >= 15 is 0 Å². The Bertz CT molecular complexity index is 1050. The van der Waals surface area contributed by atoms with Crippen LogP contribution in [0.2, 0.25) is 0 Å². The van der Waals surface area contributed by atoms with Gasteiger partial charge >= 0.3 is 12.0 Å². The highest BCUT2D eigenvalue weighted by atomic mass is 16.5. The van der Waals surface area contributed by atoms with E-state index in [9.17, 15) is 9.59 Å². The van der Waals surface area contributed by atoms with Crippen molar-refractivity contribution in [3.05, 3.63) is 46.6 Å². The molecule has 2 aromatic rings. The zero-order valence-electron chi connectivity index (χ0n) is 20.1.